The van der Waals surface area contributed by atoms with Gasteiger partial charge in [-0.1, -0.05) is 60.7 Å². The summed E-state index contributed by atoms with van der Waals surface area (Å²) in [6, 6.07) is 18.8. The fourth-order valence-electron chi connectivity index (χ4n) is 3.44. The maximum Gasteiger partial charge on any atom is 0.276 e. The van der Waals surface area contributed by atoms with Gasteiger partial charge >= 0.3 is 0 Å². The number of carbonyl (C=O) groups excluding carboxylic acids is 1. The Morgan fingerprint density at radius 3 is 2.33 bits per heavy atom. The number of imidazole rings is 1. The van der Waals surface area contributed by atoms with Crippen LogP contribution >= 0.6 is 11.3 Å². The summed E-state index contributed by atoms with van der Waals surface area (Å²) in [5, 5.41) is 5.06. The molecule has 1 aliphatic heterocycles. The number of aromatic nitrogens is 3. The Kier molecular flexibility index (Phi) is 4.48. The van der Waals surface area contributed by atoms with Crippen LogP contribution in [0.2, 0.25) is 0 Å². The maximum absolute atomic E-state index is 13.2. The Morgan fingerprint density at radius 1 is 0.967 bits per heavy atom. The molecule has 0 radical (unpaired) electrons. The van der Waals surface area contributed by atoms with Crippen molar-refractivity contribution in [3.05, 3.63) is 71.7 Å². The third kappa shape index (κ3) is 3.21. The number of nitrogens with one attached hydrogen (secondary N) is 1. The number of hydrogen-bond acceptors (Lipinski definition) is 6. The van der Waals surface area contributed by atoms with Gasteiger partial charge < -0.3 is 4.57 Å². The summed E-state index contributed by atoms with van der Waals surface area (Å²) in [5.74, 6) is -0.487. The molecule has 4 aromatic rings. The number of anilines is 1. The first kappa shape index (κ1) is 18.7. The van der Waals surface area contributed by atoms with Crippen LogP contribution < -0.4 is 5.32 Å². The van der Waals surface area contributed by atoms with Crippen LogP contribution in [0.3, 0.4) is 0 Å². The number of benzene rings is 2. The van der Waals surface area contributed by atoms with Crippen molar-refractivity contribution in [1.29, 1.82) is 0 Å². The van der Waals surface area contributed by atoms with Crippen molar-refractivity contribution in [2.75, 3.05) is 11.1 Å². The van der Waals surface area contributed by atoms with E-state index in [1.54, 1.807) is 12.1 Å². The van der Waals surface area contributed by atoms with Gasteiger partial charge in [0.2, 0.25) is 15.0 Å². The standard InChI is InChI=1S/C21H16N4O3S2/c26-19(24-20-22-16(13-29-20)14-7-3-1-4-8-14)18-17(15-9-5-2-6-10-15)23-21-25(18)11-12-30(21,27)28/h1-10,13H,11-12H2,(H,22,24,26). The minimum Gasteiger partial charge on any atom is -0.309 e. The van der Waals surface area contributed by atoms with Crippen LogP contribution in [0.5, 0.6) is 0 Å². The Labute approximate surface area is 177 Å². The second-order valence-electron chi connectivity index (χ2n) is 6.79. The lowest BCUT2D eigenvalue weighted by atomic mass is 10.1. The molecular formula is C21H16N4O3S2. The van der Waals surface area contributed by atoms with Gasteiger partial charge in [0.1, 0.15) is 11.4 Å². The lowest BCUT2D eigenvalue weighted by molar-refractivity contribution is 0.101. The van der Waals surface area contributed by atoms with Gasteiger partial charge in [0.25, 0.3) is 5.91 Å². The van der Waals surface area contributed by atoms with Gasteiger partial charge in [-0.05, 0) is 0 Å². The highest BCUT2D eigenvalue weighted by molar-refractivity contribution is 7.91. The first-order valence-electron chi connectivity index (χ1n) is 9.24. The average Bonchev–Trinajstić information content (AvgIpc) is 3.45. The lowest BCUT2D eigenvalue weighted by Gasteiger charge is -2.07. The molecule has 3 heterocycles. The van der Waals surface area contributed by atoms with E-state index >= 15 is 0 Å². The number of thiazole rings is 1. The summed E-state index contributed by atoms with van der Waals surface area (Å²) in [6.07, 6.45) is 0. The molecule has 2 aromatic heterocycles. The highest BCUT2D eigenvalue weighted by atomic mass is 32.2. The third-order valence-corrected chi connectivity index (χ3v) is 7.20. The zero-order chi connectivity index (χ0) is 20.7. The normalized spacial score (nSPS) is 14.4. The number of rotatable bonds is 4. The monoisotopic (exact) mass is 436 g/mol. The van der Waals surface area contributed by atoms with E-state index < -0.39 is 15.7 Å². The van der Waals surface area contributed by atoms with Gasteiger partial charge in [-0.15, -0.1) is 11.3 Å². The third-order valence-electron chi connectivity index (χ3n) is 4.85. The molecular weight excluding hydrogens is 420 g/mol. The second-order valence-corrected chi connectivity index (χ2v) is 9.65. The topological polar surface area (TPSA) is 93.9 Å². The van der Waals surface area contributed by atoms with Crippen LogP contribution in [-0.2, 0) is 16.4 Å². The summed E-state index contributed by atoms with van der Waals surface area (Å²) < 4.78 is 26.2. The van der Waals surface area contributed by atoms with Crippen molar-refractivity contribution in [3.8, 4) is 22.5 Å². The first-order valence-corrected chi connectivity index (χ1v) is 11.8. The van der Waals surface area contributed by atoms with E-state index in [9.17, 15) is 13.2 Å². The van der Waals surface area contributed by atoms with E-state index in [1.807, 2.05) is 53.9 Å². The highest BCUT2D eigenvalue weighted by Crippen LogP contribution is 2.31. The van der Waals surface area contributed by atoms with Crippen LogP contribution in [0.4, 0.5) is 5.13 Å². The molecule has 0 unspecified atom stereocenters. The summed E-state index contributed by atoms with van der Waals surface area (Å²) >= 11 is 1.31. The van der Waals surface area contributed by atoms with Gasteiger partial charge in [-0.25, -0.2) is 18.4 Å². The van der Waals surface area contributed by atoms with Gasteiger partial charge in [-0.3, -0.25) is 10.1 Å². The molecule has 2 aromatic carbocycles. The predicted octanol–water partition coefficient (Wildman–Crippen LogP) is 3.71. The lowest BCUT2D eigenvalue weighted by Crippen LogP contribution is -2.17. The van der Waals surface area contributed by atoms with Crippen molar-refractivity contribution < 1.29 is 13.2 Å². The predicted molar refractivity (Wildman–Crippen MR) is 115 cm³/mol. The van der Waals surface area contributed by atoms with Crippen molar-refractivity contribution in [3.63, 3.8) is 0 Å². The molecule has 0 saturated carbocycles. The molecule has 0 aliphatic carbocycles. The quantitative estimate of drug-likeness (QED) is 0.526. The molecule has 0 atom stereocenters. The second kappa shape index (κ2) is 7.19. The maximum atomic E-state index is 13.2. The zero-order valence-electron chi connectivity index (χ0n) is 15.6. The summed E-state index contributed by atoms with van der Waals surface area (Å²) in [4.78, 5) is 22.0. The van der Waals surface area contributed by atoms with E-state index in [0.29, 0.717) is 16.4 Å². The summed E-state index contributed by atoms with van der Waals surface area (Å²) in [6.45, 7) is 0.202. The Balaban J connectivity index is 1.53. The fourth-order valence-corrected chi connectivity index (χ4v) is 5.51. The largest absolute Gasteiger partial charge is 0.309 e. The molecule has 0 spiro atoms. The van der Waals surface area contributed by atoms with Crippen LogP contribution in [0.15, 0.2) is 71.2 Å². The molecule has 30 heavy (non-hydrogen) atoms. The van der Waals surface area contributed by atoms with E-state index in [4.69, 9.17) is 0 Å². The molecule has 5 rings (SSSR count). The average molecular weight is 437 g/mol. The van der Waals surface area contributed by atoms with Crippen LogP contribution in [-0.4, -0.2) is 34.6 Å². The van der Waals surface area contributed by atoms with E-state index in [-0.39, 0.29) is 23.1 Å². The van der Waals surface area contributed by atoms with Crippen molar-refractivity contribution in [1.82, 2.24) is 14.5 Å². The van der Waals surface area contributed by atoms with E-state index in [1.165, 1.54) is 15.9 Å². The van der Waals surface area contributed by atoms with Gasteiger partial charge in [0.05, 0.1) is 11.4 Å². The zero-order valence-corrected chi connectivity index (χ0v) is 17.3. The van der Waals surface area contributed by atoms with Gasteiger partial charge in [0, 0.05) is 23.1 Å². The van der Waals surface area contributed by atoms with Crippen molar-refractivity contribution >= 4 is 32.2 Å². The molecule has 0 bridgehead atoms. The number of carbonyl (C=O) groups is 1. The Bertz CT molecular complexity index is 1340. The number of nitrogens with zero attached hydrogens (tertiary/aromatic N) is 3. The Hall–Kier alpha value is -3.30. The van der Waals surface area contributed by atoms with E-state index in [2.05, 4.69) is 15.3 Å². The van der Waals surface area contributed by atoms with Crippen LogP contribution in [0.25, 0.3) is 22.5 Å². The number of fused-ring (bicyclic) bond motifs is 1. The molecule has 0 saturated heterocycles. The molecule has 1 aliphatic rings. The van der Waals surface area contributed by atoms with E-state index in [0.717, 1.165) is 11.3 Å². The van der Waals surface area contributed by atoms with Crippen molar-refractivity contribution in [2.45, 2.75) is 11.7 Å². The highest BCUT2D eigenvalue weighted by Gasteiger charge is 2.35. The number of amides is 1. The van der Waals surface area contributed by atoms with Gasteiger partial charge in [0.15, 0.2) is 5.13 Å². The molecule has 7 nitrogen and oxygen atoms in total. The molecule has 1 amide bonds. The molecule has 1 N–H and O–H groups in total. The molecule has 150 valence electrons. The van der Waals surface area contributed by atoms with Crippen LogP contribution in [0.1, 0.15) is 10.5 Å². The van der Waals surface area contributed by atoms with Crippen molar-refractivity contribution in [2.24, 2.45) is 0 Å². The molecule has 0 fully saturated rings. The summed E-state index contributed by atoms with van der Waals surface area (Å²) in [5.41, 5.74) is 2.99. The minimum atomic E-state index is -3.49. The van der Waals surface area contributed by atoms with Crippen LogP contribution in [0, 0.1) is 0 Å². The smallest absolute Gasteiger partial charge is 0.276 e. The summed E-state index contributed by atoms with van der Waals surface area (Å²) in [7, 11) is -3.49. The number of sulfone groups is 1. The molecule has 9 heteroatoms. The fraction of sp³-hybridized carbons (Fsp3) is 0.0952. The SMILES string of the molecule is O=C(Nc1nc(-c2ccccc2)cs1)c1c(-c2ccccc2)nc2n1CCS2(=O)=O. The number of hydrogen-bond donors (Lipinski definition) is 1. The van der Waals surface area contributed by atoms with Gasteiger partial charge in [-0.2, -0.15) is 0 Å². The first-order chi connectivity index (χ1) is 14.5. The Morgan fingerprint density at radius 2 is 1.63 bits per heavy atom. The minimum absolute atomic E-state index is 0.0555.